The van der Waals surface area contributed by atoms with E-state index in [2.05, 4.69) is 20.6 Å². The predicted octanol–water partition coefficient (Wildman–Crippen LogP) is 0.611. The molecule has 0 fully saturated rings. The number of alkyl halides is 3. The molecule has 2 heterocycles. The largest absolute Gasteiger partial charge is 0.451 e. The summed E-state index contributed by atoms with van der Waals surface area (Å²) in [5.74, 6) is -1.87. The molecule has 1 N–H and O–H groups in total. The molecule has 0 aliphatic rings. The molecule has 0 saturated heterocycles. The number of nitrogens with zero attached hydrogens (tertiary/aromatic N) is 6. The topological polar surface area (TPSA) is 99.6 Å². The summed E-state index contributed by atoms with van der Waals surface area (Å²) in [5, 5.41) is 13.7. The van der Waals surface area contributed by atoms with Crippen LogP contribution in [0.25, 0.3) is 5.69 Å². The Hall–Kier alpha value is -3.44. The smallest absolute Gasteiger partial charge is 0.349 e. The number of hydrogen-bond donors (Lipinski definition) is 1. The van der Waals surface area contributed by atoms with Crippen molar-refractivity contribution in [1.29, 1.82) is 0 Å². The van der Waals surface area contributed by atoms with Gasteiger partial charge in [-0.15, -0.1) is 10.2 Å². The van der Waals surface area contributed by atoms with Crippen LogP contribution >= 0.6 is 0 Å². The number of para-hydroxylation sites is 1. The lowest BCUT2D eigenvalue weighted by Crippen LogP contribution is -2.32. The highest BCUT2D eigenvalue weighted by molar-refractivity contribution is 5.91. The number of halogens is 3. The predicted molar refractivity (Wildman–Crippen MR) is 86.2 cm³/mol. The van der Waals surface area contributed by atoms with E-state index >= 15 is 0 Å². The second kappa shape index (κ2) is 7.05. The summed E-state index contributed by atoms with van der Waals surface area (Å²) in [6, 6.07) is 8.92. The van der Waals surface area contributed by atoms with Gasteiger partial charge in [0.25, 0.3) is 5.91 Å². The lowest BCUT2D eigenvalue weighted by molar-refractivity contribution is -0.147. The third kappa shape index (κ3) is 3.88. The lowest BCUT2D eigenvalue weighted by atomic mass is 10.3. The van der Waals surface area contributed by atoms with Crippen molar-refractivity contribution in [2.24, 2.45) is 7.05 Å². The van der Waals surface area contributed by atoms with Crippen LogP contribution in [0.3, 0.4) is 0 Å². The minimum absolute atomic E-state index is 0.0307. The number of aromatic nitrogens is 6. The van der Waals surface area contributed by atoms with Gasteiger partial charge in [0.05, 0.1) is 18.4 Å². The first-order chi connectivity index (χ1) is 12.8. The van der Waals surface area contributed by atoms with E-state index in [9.17, 15) is 22.8 Å². The van der Waals surface area contributed by atoms with Gasteiger partial charge in [0.15, 0.2) is 5.69 Å². The first-order valence-electron chi connectivity index (χ1n) is 7.74. The van der Waals surface area contributed by atoms with Crippen LogP contribution in [0.15, 0.2) is 41.3 Å². The first kappa shape index (κ1) is 18.4. The van der Waals surface area contributed by atoms with E-state index in [0.29, 0.717) is 14.9 Å². The highest BCUT2D eigenvalue weighted by atomic mass is 19.4. The van der Waals surface area contributed by atoms with E-state index in [-0.39, 0.29) is 18.8 Å². The van der Waals surface area contributed by atoms with Crippen molar-refractivity contribution in [2.45, 2.75) is 12.7 Å². The lowest BCUT2D eigenvalue weighted by Gasteiger charge is -2.03. The van der Waals surface area contributed by atoms with Gasteiger partial charge >= 0.3 is 11.9 Å². The monoisotopic (exact) mass is 381 g/mol. The summed E-state index contributed by atoms with van der Waals surface area (Å²) < 4.78 is 39.3. The molecule has 9 nitrogen and oxygen atoms in total. The zero-order valence-electron chi connectivity index (χ0n) is 14.0. The van der Waals surface area contributed by atoms with E-state index in [1.165, 1.54) is 11.0 Å². The minimum Gasteiger partial charge on any atom is -0.349 e. The van der Waals surface area contributed by atoms with Gasteiger partial charge in [-0.2, -0.15) is 23.1 Å². The second-order valence-electron chi connectivity index (χ2n) is 5.50. The Balaban J connectivity index is 1.63. The molecule has 0 aliphatic heterocycles. The van der Waals surface area contributed by atoms with Gasteiger partial charge in [-0.3, -0.25) is 9.36 Å². The molecule has 12 heteroatoms. The number of hydrogen-bond acceptors (Lipinski definition) is 5. The molecule has 0 spiro atoms. The molecule has 0 saturated carbocycles. The molecule has 142 valence electrons. The first-order valence-corrected chi connectivity index (χ1v) is 7.74. The van der Waals surface area contributed by atoms with Crippen LogP contribution in [0.1, 0.15) is 16.3 Å². The molecule has 3 rings (SSSR count). The number of nitrogens with one attached hydrogen (secondary N) is 1. The van der Waals surface area contributed by atoms with Crippen LogP contribution < -0.4 is 11.0 Å². The fraction of sp³-hybridized carbons (Fsp3) is 0.267. The molecule has 1 aromatic carbocycles. The fourth-order valence-corrected chi connectivity index (χ4v) is 2.30. The van der Waals surface area contributed by atoms with Gasteiger partial charge in [-0.05, 0) is 12.1 Å². The molecule has 2 aromatic heterocycles. The van der Waals surface area contributed by atoms with Gasteiger partial charge in [-0.25, -0.2) is 9.48 Å². The van der Waals surface area contributed by atoms with Crippen LogP contribution in [0.4, 0.5) is 13.2 Å². The molecule has 3 aromatic rings. The van der Waals surface area contributed by atoms with Gasteiger partial charge < -0.3 is 5.32 Å². The van der Waals surface area contributed by atoms with Crippen LogP contribution in [-0.2, 0) is 19.8 Å². The minimum atomic E-state index is -4.74. The van der Waals surface area contributed by atoms with E-state index in [1.807, 2.05) is 6.07 Å². The Kier molecular flexibility index (Phi) is 4.79. The van der Waals surface area contributed by atoms with Crippen molar-refractivity contribution in [3.8, 4) is 5.69 Å². The number of rotatable bonds is 5. The Labute approximate surface area is 150 Å². The van der Waals surface area contributed by atoms with Gasteiger partial charge in [0.1, 0.15) is 0 Å². The Bertz CT molecular complexity index is 1000. The highest BCUT2D eigenvalue weighted by Gasteiger charge is 2.37. The molecule has 0 aliphatic carbocycles. The molecule has 1 amide bonds. The summed E-state index contributed by atoms with van der Waals surface area (Å²) in [7, 11) is 0.981. The average Bonchev–Trinajstić information content (AvgIpc) is 3.23. The van der Waals surface area contributed by atoms with Crippen molar-refractivity contribution >= 4 is 5.91 Å². The molecule has 27 heavy (non-hydrogen) atoms. The van der Waals surface area contributed by atoms with Crippen LogP contribution in [0.2, 0.25) is 0 Å². The quantitative estimate of drug-likeness (QED) is 0.698. The molecule has 0 unspecified atom stereocenters. The van der Waals surface area contributed by atoms with E-state index in [0.717, 1.165) is 7.05 Å². The van der Waals surface area contributed by atoms with Crippen molar-refractivity contribution in [2.75, 3.05) is 6.54 Å². The van der Waals surface area contributed by atoms with Crippen molar-refractivity contribution in [1.82, 2.24) is 34.7 Å². The van der Waals surface area contributed by atoms with Crippen molar-refractivity contribution in [3.63, 3.8) is 0 Å². The third-order valence-electron chi connectivity index (χ3n) is 3.62. The molecule has 0 atom stereocenters. The number of carbonyl (C=O) groups excluding carboxylic acids is 1. The van der Waals surface area contributed by atoms with Crippen LogP contribution in [0.5, 0.6) is 0 Å². The number of amides is 1. The molecule has 0 bridgehead atoms. The normalized spacial score (nSPS) is 11.6. The standard InChI is InChI=1S/C15H14F3N7O2/c1-23-13(15(16,17)18)22-24(14(23)27)8-7-19-12(26)11-9-20-25(21-11)10-5-3-2-4-6-10/h2-6,9H,7-8H2,1H3,(H,19,26). The Morgan fingerprint density at radius 1 is 1.19 bits per heavy atom. The third-order valence-corrected chi connectivity index (χ3v) is 3.62. The van der Waals surface area contributed by atoms with E-state index in [1.54, 1.807) is 24.3 Å². The maximum Gasteiger partial charge on any atom is 0.451 e. The van der Waals surface area contributed by atoms with Gasteiger partial charge in [-0.1, -0.05) is 18.2 Å². The Morgan fingerprint density at radius 3 is 2.52 bits per heavy atom. The summed E-state index contributed by atoms with van der Waals surface area (Å²) in [6.45, 7) is -0.327. The fourth-order valence-electron chi connectivity index (χ4n) is 2.30. The van der Waals surface area contributed by atoms with Crippen LogP contribution in [-0.4, -0.2) is 41.8 Å². The summed E-state index contributed by atoms with van der Waals surface area (Å²) in [4.78, 5) is 25.1. The van der Waals surface area contributed by atoms with Crippen LogP contribution in [0, 0.1) is 0 Å². The summed E-state index contributed by atoms with van der Waals surface area (Å²) in [5.41, 5.74) is -0.230. The number of benzene rings is 1. The zero-order valence-corrected chi connectivity index (χ0v) is 14.0. The number of carbonyl (C=O) groups is 1. The molecular formula is C15H14F3N7O2. The summed E-state index contributed by atoms with van der Waals surface area (Å²) >= 11 is 0. The SMILES string of the molecule is Cn1c(C(F)(F)F)nn(CCNC(=O)c2cnn(-c3ccccc3)n2)c1=O. The zero-order chi connectivity index (χ0) is 19.6. The van der Waals surface area contributed by atoms with Crippen molar-refractivity contribution < 1.29 is 18.0 Å². The van der Waals surface area contributed by atoms with Gasteiger partial charge in [0, 0.05) is 13.6 Å². The molecular weight excluding hydrogens is 367 g/mol. The Morgan fingerprint density at radius 2 is 1.89 bits per heavy atom. The average molecular weight is 381 g/mol. The van der Waals surface area contributed by atoms with Crippen molar-refractivity contribution in [3.05, 3.63) is 58.5 Å². The van der Waals surface area contributed by atoms with E-state index in [4.69, 9.17) is 0 Å². The molecule has 0 radical (unpaired) electrons. The van der Waals surface area contributed by atoms with Gasteiger partial charge in [0.2, 0.25) is 5.82 Å². The van der Waals surface area contributed by atoms with E-state index < -0.39 is 23.6 Å². The maximum atomic E-state index is 12.7. The summed E-state index contributed by atoms with van der Waals surface area (Å²) in [6.07, 6.45) is -3.48. The maximum absolute atomic E-state index is 12.7. The highest BCUT2D eigenvalue weighted by Crippen LogP contribution is 2.25. The second-order valence-corrected chi connectivity index (χ2v) is 5.50.